The van der Waals surface area contributed by atoms with Gasteiger partial charge in [-0.2, -0.15) is 0 Å². The molecule has 0 radical (unpaired) electrons. The number of rotatable bonds is 13. The standard InChI is InChI=1S/C15H24N4O10/c1-8(13(25)26)16-10(20)5-18(6-11(21)22)3-4-19(7-12(23)24)15(29)17-9(2)14(27)28/h8-9H,3-7H2,1-2H3,(H,16,20)(H,17,29)(H,21,22)(H,23,24)(H,25,26)(H,27,28). The maximum Gasteiger partial charge on any atom is 0.325 e. The van der Waals surface area contributed by atoms with Gasteiger partial charge in [0, 0.05) is 13.1 Å². The largest absolute Gasteiger partial charge is 0.480 e. The first-order chi connectivity index (χ1) is 13.3. The van der Waals surface area contributed by atoms with Gasteiger partial charge in [-0.25, -0.2) is 4.79 Å². The van der Waals surface area contributed by atoms with Crippen molar-refractivity contribution in [3.8, 4) is 0 Å². The van der Waals surface area contributed by atoms with Crippen molar-refractivity contribution in [3.63, 3.8) is 0 Å². The molecule has 2 atom stereocenters. The number of amides is 3. The first kappa shape index (κ1) is 25.6. The summed E-state index contributed by atoms with van der Waals surface area (Å²) in [5, 5.41) is 39.7. The molecule has 0 aliphatic rings. The molecule has 2 unspecified atom stereocenters. The molecule has 0 aliphatic heterocycles. The van der Waals surface area contributed by atoms with Crippen LogP contribution in [0.5, 0.6) is 0 Å². The molecule has 0 aromatic rings. The second-order valence-electron chi connectivity index (χ2n) is 6.06. The van der Waals surface area contributed by atoms with E-state index < -0.39 is 67.5 Å². The van der Waals surface area contributed by atoms with Crippen molar-refractivity contribution in [2.45, 2.75) is 25.9 Å². The molecule has 0 saturated carbocycles. The Morgan fingerprint density at radius 2 is 1.21 bits per heavy atom. The van der Waals surface area contributed by atoms with Gasteiger partial charge < -0.3 is 36.0 Å². The predicted octanol–water partition coefficient (Wildman–Crippen LogP) is -2.47. The third-order valence-electron chi connectivity index (χ3n) is 3.48. The maximum atomic E-state index is 12.1. The van der Waals surface area contributed by atoms with Crippen LogP contribution >= 0.6 is 0 Å². The van der Waals surface area contributed by atoms with Crippen LogP contribution < -0.4 is 10.6 Å². The molecule has 0 aliphatic carbocycles. The number of aliphatic carboxylic acids is 4. The third-order valence-corrected chi connectivity index (χ3v) is 3.48. The normalized spacial score (nSPS) is 12.5. The first-order valence-corrected chi connectivity index (χ1v) is 8.29. The fourth-order valence-corrected chi connectivity index (χ4v) is 1.97. The number of hydrogen-bond donors (Lipinski definition) is 6. The number of carbonyl (C=O) groups excluding carboxylic acids is 2. The number of carboxylic acid groups (broad SMARTS) is 4. The van der Waals surface area contributed by atoms with Gasteiger partial charge >= 0.3 is 29.9 Å². The van der Waals surface area contributed by atoms with Gasteiger partial charge in [0.25, 0.3) is 0 Å². The first-order valence-electron chi connectivity index (χ1n) is 8.29. The van der Waals surface area contributed by atoms with Crippen LogP contribution in [0.1, 0.15) is 13.8 Å². The highest BCUT2D eigenvalue weighted by molar-refractivity contribution is 5.85. The van der Waals surface area contributed by atoms with Crippen LogP contribution in [-0.2, 0) is 24.0 Å². The highest BCUT2D eigenvalue weighted by Crippen LogP contribution is 1.97. The molecule has 0 fully saturated rings. The van der Waals surface area contributed by atoms with Crippen LogP contribution in [0.25, 0.3) is 0 Å². The Balaban J connectivity index is 5.07. The van der Waals surface area contributed by atoms with E-state index in [9.17, 15) is 28.8 Å². The van der Waals surface area contributed by atoms with E-state index >= 15 is 0 Å². The molecule has 0 heterocycles. The quantitative estimate of drug-likeness (QED) is 0.184. The smallest absolute Gasteiger partial charge is 0.325 e. The Kier molecular flexibility index (Phi) is 10.7. The van der Waals surface area contributed by atoms with Crippen molar-refractivity contribution < 1.29 is 49.2 Å². The zero-order valence-corrected chi connectivity index (χ0v) is 15.8. The zero-order valence-electron chi connectivity index (χ0n) is 15.8. The van der Waals surface area contributed by atoms with E-state index in [1.54, 1.807) is 0 Å². The lowest BCUT2D eigenvalue weighted by Gasteiger charge is -2.26. The molecule has 14 nitrogen and oxygen atoms in total. The van der Waals surface area contributed by atoms with Gasteiger partial charge in [0.15, 0.2) is 0 Å². The summed E-state index contributed by atoms with van der Waals surface area (Å²) in [4.78, 5) is 69.3. The second kappa shape index (κ2) is 12.1. The van der Waals surface area contributed by atoms with Gasteiger partial charge in [0.2, 0.25) is 5.91 Å². The lowest BCUT2D eigenvalue weighted by atomic mass is 10.3. The number of nitrogens with zero attached hydrogens (tertiary/aromatic N) is 2. The van der Waals surface area contributed by atoms with Crippen molar-refractivity contribution in [1.29, 1.82) is 0 Å². The van der Waals surface area contributed by atoms with Crippen LogP contribution in [0.15, 0.2) is 0 Å². The fourth-order valence-electron chi connectivity index (χ4n) is 1.97. The predicted molar refractivity (Wildman–Crippen MR) is 94.2 cm³/mol. The van der Waals surface area contributed by atoms with Crippen molar-refractivity contribution in [2.24, 2.45) is 0 Å². The molecule has 0 aromatic heterocycles. The van der Waals surface area contributed by atoms with E-state index in [0.29, 0.717) is 0 Å². The van der Waals surface area contributed by atoms with Crippen LogP contribution in [-0.4, -0.2) is 111 Å². The minimum absolute atomic E-state index is 0.247. The van der Waals surface area contributed by atoms with Crippen molar-refractivity contribution in [1.82, 2.24) is 20.4 Å². The van der Waals surface area contributed by atoms with Gasteiger partial charge in [0.05, 0.1) is 13.1 Å². The average Bonchev–Trinajstić information content (AvgIpc) is 2.56. The molecule has 6 N–H and O–H groups in total. The minimum Gasteiger partial charge on any atom is -0.480 e. The molecule has 29 heavy (non-hydrogen) atoms. The van der Waals surface area contributed by atoms with Gasteiger partial charge in [-0.1, -0.05) is 0 Å². The SMILES string of the molecule is CC(NC(=O)CN(CCN(CC(=O)O)C(=O)NC(C)C(=O)O)CC(=O)O)C(=O)O. The van der Waals surface area contributed by atoms with Crippen molar-refractivity contribution in [3.05, 3.63) is 0 Å². The summed E-state index contributed by atoms with van der Waals surface area (Å²) in [7, 11) is 0. The van der Waals surface area contributed by atoms with Crippen LogP contribution in [0.4, 0.5) is 4.79 Å². The van der Waals surface area contributed by atoms with Gasteiger partial charge in [-0.05, 0) is 13.8 Å². The number of carbonyl (C=O) groups is 6. The summed E-state index contributed by atoms with van der Waals surface area (Å²) in [6.45, 7) is -0.140. The number of hydrogen-bond acceptors (Lipinski definition) is 7. The Bertz CT molecular complexity index is 653. The van der Waals surface area contributed by atoms with Crippen molar-refractivity contribution >= 4 is 35.8 Å². The number of nitrogens with one attached hydrogen (secondary N) is 2. The summed E-state index contributed by atoms with van der Waals surface area (Å²) in [6, 6.07) is -3.50. The summed E-state index contributed by atoms with van der Waals surface area (Å²) in [5.74, 6) is -6.11. The van der Waals surface area contributed by atoms with Crippen molar-refractivity contribution in [2.75, 3.05) is 32.7 Å². The van der Waals surface area contributed by atoms with Crippen LogP contribution in [0.3, 0.4) is 0 Å². The molecule has 0 bridgehead atoms. The number of urea groups is 1. The Labute approximate surface area is 165 Å². The lowest BCUT2D eigenvalue weighted by molar-refractivity contribution is -0.142. The van der Waals surface area contributed by atoms with Gasteiger partial charge in [-0.3, -0.25) is 28.9 Å². The van der Waals surface area contributed by atoms with E-state index in [2.05, 4.69) is 10.6 Å². The Morgan fingerprint density at radius 1 is 0.724 bits per heavy atom. The summed E-state index contributed by atoms with van der Waals surface area (Å²) < 4.78 is 0. The molecule has 3 amide bonds. The molecular weight excluding hydrogens is 396 g/mol. The minimum atomic E-state index is -1.39. The highest BCUT2D eigenvalue weighted by atomic mass is 16.4. The lowest BCUT2D eigenvalue weighted by Crippen LogP contribution is -2.51. The van der Waals surface area contributed by atoms with E-state index in [1.807, 2.05) is 0 Å². The molecular formula is C15H24N4O10. The van der Waals surface area contributed by atoms with E-state index in [4.69, 9.17) is 20.4 Å². The van der Waals surface area contributed by atoms with Gasteiger partial charge in [0.1, 0.15) is 18.6 Å². The van der Waals surface area contributed by atoms with E-state index in [0.717, 1.165) is 9.80 Å². The third kappa shape index (κ3) is 11.1. The number of carboxylic acids is 4. The monoisotopic (exact) mass is 420 g/mol. The van der Waals surface area contributed by atoms with Gasteiger partial charge in [-0.15, -0.1) is 0 Å². The molecule has 0 rings (SSSR count). The second-order valence-corrected chi connectivity index (χ2v) is 6.06. The summed E-state index contributed by atoms with van der Waals surface area (Å²) in [5.41, 5.74) is 0. The average molecular weight is 420 g/mol. The van der Waals surface area contributed by atoms with E-state index in [1.165, 1.54) is 13.8 Å². The van der Waals surface area contributed by atoms with Crippen LogP contribution in [0, 0.1) is 0 Å². The van der Waals surface area contributed by atoms with Crippen LogP contribution in [0.2, 0.25) is 0 Å². The molecule has 14 heteroatoms. The Morgan fingerprint density at radius 3 is 1.66 bits per heavy atom. The Hall–Kier alpha value is -3.42. The summed E-state index contributed by atoms with van der Waals surface area (Å²) in [6.07, 6.45) is 0. The molecule has 164 valence electrons. The topological polar surface area (TPSA) is 214 Å². The maximum absolute atomic E-state index is 12.1. The highest BCUT2D eigenvalue weighted by Gasteiger charge is 2.23. The molecule has 0 saturated heterocycles. The van der Waals surface area contributed by atoms with E-state index in [-0.39, 0.29) is 13.1 Å². The molecule has 0 aromatic carbocycles. The zero-order chi connectivity index (χ0) is 22.7. The molecule has 0 spiro atoms. The fraction of sp³-hybridized carbons (Fsp3) is 0.600. The summed E-state index contributed by atoms with van der Waals surface area (Å²) >= 11 is 0.